The quantitative estimate of drug-likeness (QED) is 0.751. The van der Waals surface area contributed by atoms with Crippen LogP contribution in [0.3, 0.4) is 0 Å². The maximum atomic E-state index is 12.6. The summed E-state index contributed by atoms with van der Waals surface area (Å²) in [6.07, 6.45) is 0.848. The Morgan fingerprint density at radius 1 is 1.20 bits per heavy atom. The zero-order valence-corrected chi connectivity index (χ0v) is 14.4. The lowest BCUT2D eigenvalue weighted by Gasteiger charge is -2.27. The third-order valence-electron chi connectivity index (χ3n) is 3.92. The molecule has 0 aromatic heterocycles. The Morgan fingerprint density at radius 3 is 2.25 bits per heavy atom. The molecule has 5 heteroatoms. The molecule has 0 heterocycles. The zero-order valence-electron chi connectivity index (χ0n) is 12.9. The lowest BCUT2D eigenvalue weighted by Crippen LogP contribution is -2.38. The van der Waals surface area contributed by atoms with Gasteiger partial charge in [-0.25, -0.2) is 8.42 Å². The van der Waals surface area contributed by atoms with Crippen molar-refractivity contribution >= 4 is 21.6 Å². The molecule has 0 saturated heterocycles. The summed E-state index contributed by atoms with van der Waals surface area (Å²) in [4.78, 5) is 0.320. The van der Waals surface area contributed by atoms with E-state index in [0.29, 0.717) is 10.8 Å². The molecule has 0 spiro atoms. The number of hydrogen-bond acceptors (Lipinski definition) is 2. The Labute approximate surface area is 128 Å². The molecule has 0 amide bonds. The second kappa shape index (κ2) is 6.92. The Kier molecular flexibility index (Phi) is 6.05. The van der Waals surface area contributed by atoms with Gasteiger partial charge in [0.05, 0.1) is 4.90 Å². The first-order valence-electron chi connectivity index (χ1n) is 6.91. The molecule has 1 unspecified atom stereocenters. The van der Waals surface area contributed by atoms with Crippen LogP contribution in [0.4, 0.5) is 0 Å². The minimum Gasteiger partial charge on any atom is -0.207 e. The molecule has 0 aliphatic rings. The molecule has 0 bridgehead atoms. The summed E-state index contributed by atoms with van der Waals surface area (Å²) >= 11 is 5.92. The fourth-order valence-corrected chi connectivity index (χ4v) is 3.83. The number of alkyl halides is 1. The molecule has 0 N–H and O–H groups in total. The molecule has 1 aromatic carbocycles. The summed E-state index contributed by atoms with van der Waals surface area (Å²) in [6, 6.07) is 5.18. The van der Waals surface area contributed by atoms with Crippen LogP contribution in [0.25, 0.3) is 0 Å². The lowest BCUT2D eigenvalue weighted by atomic mass is 10.1. The van der Waals surface area contributed by atoms with Crippen LogP contribution >= 0.6 is 11.6 Å². The summed E-state index contributed by atoms with van der Waals surface area (Å²) in [5.41, 5.74) is 1.99. The topological polar surface area (TPSA) is 37.4 Å². The largest absolute Gasteiger partial charge is 0.243 e. The first-order valence-corrected chi connectivity index (χ1v) is 8.88. The molecule has 114 valence electrons. The Morgan fingerprint density at radius 2 is 1.80 bits per heavy atom. The molecular formula is C15H24ClNO2S. The van der Waals surface area contributed by atoms with Crippen molar-refractivity contribution in [1.29, 1.82) is 0 Å². The van der Waals surface area contributed by atoms with E-state index < -0.39 is 10.0 Å². The molecule has 0 radical (unpaired) electrons. The first-order chi connectivity index (χ1) is 9.25. The predicted molar refractivity (Wildman–Crippen MR) is 84.6 cm³/mol. The molecule has 1 rings (SSSR count). The molecule has 3 nitrogen and oxygen atoms in total. The standard InChI is InChI=1S/C15H24ClNO2S/c1-6-13-7-8-15(9-14(13)10-16)20(18,19)17(5)12(4)11(2)3/h7-9,11-12H,6,10H2,1-5H3. The van der Waals surface area contributed by atoms with Crippen molar-refractivity contribution in [2.45, 2.75) is 50.9 Å². The lowest BCUT2D eigenvalue weighted by molar-refractivity contribution is 0.316. The molecule has 0 fully saturated rings. The van der Waals surface area contributed by atoms with Gasteiger partial charge >= 0.3 is 0 Å². The maximum Gasteiger partial charge on any atom is 0.243 e. The van der Waals surface area contributed by atoms with Gasteiger partial charge in [-0.1, -0.05) is 26.8 Å². The molecule has 1 aromatic rings. The minimum atomic E-state index is -3.47. The highest BCUT2D eigenvalue weighted by atomic mass is 35.5. The van der Waals surface area contributed by atoms with E-state index in [-0.39, 0.29) is 12.0 Å². The third-order valence-corrected chi connectivity index (χ3v) is 6.15. The third kappa shape index (κ3) is 3.54. The van der Waals surface area contributed by atoms with Gasteiger partial charge in [-0.05, 0) is 42.5 Å². The highest BCUT2D eigenvalue weighted by Crippen LogP contribution is 2.23. The van der Waals surface area contributed by atoms with Crippen LogP contribution in [0.15, 0.2) is 23.1 Å². The van der Waals surface area contributed by atoms with Crippen molar-refractivity contribution in [3.63, 3.8) is 0 Å². The average Bonchev–Trinajstić information content (AvgIpc) is 2.44. The fourth-order valence-electron chi connectivity index (χ4n) is 2.04. The second-order valence-electron chi connectivity index (χ2n) is 5.42. The van der Waals surface area contributed by atoms with E-state index in [2.05, 4.69) is 0 Å². The molecule has 0 aliphatic heterocycles. The number of hydrogen-bond donors (Lipinski definition) is 0. The van der Waals surface area contributed by atoms with Crippen LogP contribution in [0.2, 0.25) is 0 Å². The minimum absolute atomic E-state index is 0.0506. The van der Waals surface area contributed by atoms with Gasteiger partial charge in [0.2, 0.25) is 10.0 Å². The number of benzene rings is 1. The highest BCUT2D eigenvalue weighted by Gasteiger charge is 2.27. The Hall–Kier alpha value is -0.580. The van der Waals surface area contributed by atoms with Gasteiger partial charge in [-0.2, -0.15) is 4.31 Å². The summed E-state index contributed by atoms with van der Waals surface area (Å²) < 4.78 is 26.7. The summed E-state index contributed by atoms with van der Waals surface area (Å²) in [7, 11) is -1.83. The van der Waals surface area contributed by atoms with Crippen LogP contribution in [0, 0.1) is 5.92 Å². The highest BCUT2D eigenvalue weighted by molar-refractivity contribution is 7.89. The van der Waals surface area contributed by atoms with Crippen LogP contribution in [-0.2, 0) is 22.3 Å². The van der Waals surface area contributed by atoms with Gasteiger partial charge in [-0.15, -0.1) is 11.6 Å². The van der Waals surface area contributed by atoms with Gasteiger partial charge in [-0.3, -0.25) is 0 Å². The van der Waals surface area contributed by atoms with Crippen molar-refractivity contribution in [3.8, 4) is 0 Å². The number of sulfonamides is 1. The summed E-state index contributed by atoms with van der Waals surface area (Å²) in [5.74, 6) is 0.591. The van der Waals surface area contributed by atoms with Crippen LogP contribution in [-0.4, -0.2) is 25.8 Å². The Balaban J connectivity index is 3.22. The van der Waals surface area contributed by atoms with Gasteiger partial charge in [0.15, 0.2) is 0 Å². The second-order valence-corrected chi connectivity index (χ2v) is 7.69. The van der Waals surface area contributed by atoms with Crippen LogP contribution in [0.1, 0.15) is 38.8 Å². The predicted octanol–water partition coefficient (Wildman–Crippen LogP) is 3.65. The van der Waals surface area contributed by atoms with Gasteiger partial charge in [0.1, 0.15) is 0 Å². The summed E-state index contributed by atoms with van der Waals surface area (Å²) in [5, 5.41) is 0. The van der Waals surface area contributed by atoms with E-state index in [1.54, 1.807) is 19.2 Å². The average molecular weight is 318 g/mol. The van der Waals surface area contributed by atoms with E-state index in [1.807, 2.05) is 33.8 Å². The summed E-state index contributed by atoms with van der Waals surface area (Å²) in [6.45, 7) is 7.99. The van der Waals surface area contributed by atoms with E-state index in [1.165, 1.54) is 4.31 Å². The normalized spacial score (nSPS) is 14.0. The van der Waals surface area contributed by atoms with Crippen molar-refractivity contribution in [2.24, 2.45) is 5.92 Å². The smallest absolute Gasteiger partial charge is 0.207 e. The van der Waals surface area contributed by atoms with E-state index in [9.17, 15) is 8.42 Å². The maximum absolute atomic E-state index is 12.6. The number of halogens is 1. The zero-order chi connectivity index (χ0) is 15.5. The Bertz CT molecular complexity index is 555. The van der Waals surface area contributed by atoms with Crippen molar-refractivity contribution in [3.05, 3.63) is 29.3 Å². The van der Waals surface area contributed by atoms with Gasteiger partial charge in [0, 0.05) is 19.0 Å². The van der Waals surface area contributed by atoms with Crippen LogP contribution < -0.4 is 0 Å². The van der Waals surface area contributed by atoms with Crippen LogP contribution in [0.5, 0.6) is 0 Å². The molecular weight excluding hydrogens is 294 g/mol. The fraction of sp³-hybridized carbons (Fsp3) is 0.600. The number of rotatable bonds is 6. The first kappa shape index (κ1) is 17.5. The monoisotopic (exact) mass is 317 g/mol. The van der Waals surface area contributed by atoms with Gasteiger partial charge < -0.3 is 0 Å². The van der Waals surface area contributed by atoms with E-state index in [4.69, 9.17) is 11.6 Å². The number of aryl methyl sites for hydroxylation is 1. The van der Waals surface area contributed by atoms with Crippen molar-refractivity contribution in [2.75, 3.05) is 7.05 Å². The van der Waals surface area contributed by atoms with E-state index >= 15 is 0 Å². The van der Waals surface area contributed by atoms with Gasteiger partial charge in [0.25, 0.3) is 0 Å². The molecule has 1 atom stereocenters. The van der Waals surface area contributed by atoms with E-state index in [0.717, 1.165) is 17.5 Å². The number of nitrogens with zero attached hydrogens (tertiary/aromatic N) is 1. The van der Waals surface area contributed by atoms with Crippen molar-refractivity contribution < 1.29 is 8.42 Å². The van der Waals surface area contributed by atoms with Crippen molar-refractivity contribution in [1.82, 2.24) is 4.31 Å². The molecule has 20 heavy (non-hydrogen) atoms. The molecule has 0 aliphatic carbocycles. The molecule has 0 saturated carbocycles. The SMILES string of the molecule is CCc1ccc(S(=O)(=O)N(C)C(C)C(C)C)cc1CCl.